The molecule has 0 amide bonds. The van der Waals surface area contributed by atoms with Gasteiger partial charge in [0.25, 0.3) is 0 Å². The highest BCUT2D eigenvalue weighted by Gasteiger charge is 2.24. The molecule has 1 fully saturated rings. The molecular weight excluding hydrogens is 248 g/mol. The molecule has 1 aliphatic heterocycles. The van der Waals surface area contributed by atoms with E-state index >= 15 is 0 Å². The standard InChI is InChI=1S/C17H28N2O/c1-13-9-16(18-7-4-8-20)12-19(11-13)17-6-5-14(2)15(3)10-17/h5-6,10,13,16,18,20H,4,7-9,11-12H2,1-3H3. The number of aryl methyl sites for hydroxylation is 2. The molecule has 2 rings (SSSR count). The molecule has 0 aliphatic carbocycles. The van der Waals surface area contributed by atoms with Crippen LogP contribution in [0.2, 0.25) is 0 Å². The molecule has 0 saturated carbocycles. The van der Waals surface area contributed by atoms with Gasteiger partial charge in [0.05, 0.1) is 0 Å². The minimum absolute atomic E-state index is 0.274. The molecule has 0 radical (unpaired) electrons. The van der Waals surface area contributed by atoms with Crippen LogP contribution in [0.3, 0.4) is 0 Å². The second-order valence-corrected chi connectivity index (χ2v) is 6.24. The van der Waals surface area contributed by atoms with Crippen molar-refractivity contribution >= 4 is 5.69 Å². The fourth-order valence-corrected chi connectivity index (χ4v) is 3.02. The number of piperidine rings is 1. The van der Waals surface area contributed by atoms with Crippen molar-refractivity contribution in [3.63, 3.8) is 0 Å². The average Bonchev–Trinajstić information content (AvgIpc) is 2.41. The Hall–Kier alpha value is -1.06. The smallest absolute Gasteiger partial charge is 0.0443 e. The molecule has 2 N–H and O–H groups in total. The Morgan fingerprint density at radius 2 is 2.05 bits per heavy atom. The number of rotatable bonds is 5. The first kappa shape index (κ1) is 15.3. The Labute approximate surface area is 123 Å². The molecule has 3 nitrogen and oxygen atoms in total. The lowest BCUT2D eigenvalue weighted by Crippen LogP contribution is -2.49. The van der Waals surface area contributed by atoms with Gasteiger partial charge in [0, 0.05) is 31.4 Å². The molecule has 2 atom stereocenters. The first-order chi connectivity index (χ1) is 9.60. The van der Waals surface area contributed by atoms with Crippen LogP contribution in [0.25, 0.3) is 0 Å². The van der Waals surface area contributed by atoms with Crippen molar-refractivity contribution in [2.45, 2.75) is 39.7 Å². The van der Waals surface area contributed by atoms with Gasteiger partial charge in [-0.15, -0.1) is 0 Å². The van der Waals surface area contributed by atoms with Crippen LogP contribution in [0, 0.1) is 19.8 Å². The normalized spacial score (nSPS) is 23.1. The molecule has 0 bridgehead atoms. The monoisotopic (exact) mass is 276 g/mol. The molecule has 0 spiro atoms. The van der Waals surface area contributed by atoms with E-state index < -0.39 is 0 Å². The van der Waals surface area contributed by atoms with E-state index in [-0.39, 0.29) is 6.61 Å². The summed E-state index contributed by atoms with van der Waals surface area (Å²) in [6.07, 6.45) is 2.07. The van der Waals surface area contributed by atoms with E-state index in [1.165, 1.54) is 23.2 Å². The minimum atomic E-state index is 0.274. The molecule has 1 aromatic rings. The van der Waals surface area contributed by atoms with E-state index in [0.717, 1.165) is 26.1 Å². The number of hydrogen-bond acceptors (Lipinski definition) is 3. The lowest BCUT2D eigenvalue weighted by Gasteiger charge is -2.38. The third-order valence-corrected chi connectivity index (χ3v) is 4.28. The molecule has 1 saturated heterocycles. The Morgan fingerprint density at radius 3 is 2.75 bits per heavy atom. The van der Waals surface area contributed by atoms with E-state index in [1.807, 2.05) is 0 Å². The highest BCUT2D eigenvalue weighted by Crippen LogP contribution is 2.25. The Balaban J connectivity index is 2.01. The summed E-state index contributed by atoms with van der Waals surface area (Å²) in [5.74, 6) is 0.706. The average molecular weight is 276 g/mol. The number of aliphatic hydroxyl groups excluding tert-OH is 1. The number of anilines is 1. The SMILES string of the molecule is Cc1ccc(N2CC(C)CC(NCCCO)C2)cc1C. The van der Waals surface area contributed by atoms with Crippen LogP contribution < -0.4 is 10.2 Å². The van der Waals surface area contributed by atoms with Crippen LogP contribution in [0.15, 0.2) is 18.2 Å². The first-order valence-electron chi connectivity index (χ1n) is 7.76. The lowest BCUT2D eigenvalue weighted by atomic mass is 9.95. The maximum atomic E-state index is 8.88. The number of hydrogen-bond donors (Lipinski definition) is 2. The zero-order chi connectivity index (χ0) is 14.5. The lowest BCUT2D eigenvalue weighted by molar-refractivity contribution is 0.276. The molecule has 20 heavy (non-hydrogen) atoms. The molecule has 0 aromatic heterocycles. The van der Waals surface area contributed by atoms with Gasteiger partial charge in [-0.25, -0.2) is 0 Å². The summed E-state index contributed by atoms with van der Waals surface area (Å²) in [4.78, 5) is 2.50. The van der Waals surface area contributed by atoms with Gasteiger partial charge in [-0.2, -0.15) is 0 Å². The summed E-state index contributed by atoms with van der Waals surface area (Å²) in [5, 5.41) is 12.5. The van der Waals surface area contributed by atoms with E-state index in [4.69, 9.17) is 5.11 Å². The zero-order valence-electron chi connectivity index (χ0n) is 13.0. The third kappa shape index (κ3) is 3.97. The largest absolute Gasteiger partial charge is 0.396 e. The fraction of sp³-hybridized carbons (Fsp3) is 0.647. The van der Waals surface area contributed by atoms with Crippen molar-refractivity contribution in [3.8, 4) is 0 Å². The zero-order valence-corrected chi connectivity index (χ0v) is 13.0. The van der Waals surface area contributed by atoms with Crippen LogP contribution in [-0.4, -0.2) is 37.4 Å². The fourth-order valence-electron chi connectivity index (χ4n) is 3.02. The van der Waals surface area contributed by atoms with Gasteiger partial charge >= 0.3 is 0 Å². The van der Waals surface area contributed by atoms with E-state index in [9.17, 15) is 0 Å². The van der Waals surface area contributed by atoms with Crippen LogP contribution in [0.1, 0.15) is 30.9 Å². The van der Waals surface area contributed by atoms with Crippen LogP contribution >= 0.6 is 0 Å². The summed E-state index contributed by atoms with van der Waals surface area (Å²) < 4.78 is 0. The maximum Gasteiger partial charge on any atom is 0.0443 e. The Bertz CT molecular complexity index is 433. The highest BCUT2D eigenvalue weighted by molar-refractivity contribution is 5.51. The van der Waals surface area contributed by atoms with E-state index in [0.29, 0.717) is 12.0 Å². The van der Waals surface area contributed by atoms with Crippen molar-refractivity contribution in [3.05, 3.63) is 29.3 Å². The Morgan fingerprint density at radius 1 is 1.25 bits per heavy atom. The molecule has 2 unspecified atom stereocenters. The number of benzene rings is 1. The molecule has 1 heterocycles. The second kappa shape index (κ2) is 7.09. The van der Waals surface area contributed by atoms with Gasteiger partial charge in [0.2, 0.25) is 0 Å². The van der Waals surface area contributed by atoms with Gasteiger partial charge < -0.3 is 15.3 Å². The van der Waals surface area contributed by atoms with Crippen molar-refractivity contribution in [1.82, 2.24) is 5.32 Å². The predicted molar refractivity (Wildman–Crippen MR) is 85.4 cm³/mol. The molecule has 1 aromatic carbocycles. The molecule has 1 aliphatic rings. The highest BCUT2D eigenvalue weighted by atomic mass is 16.3. The number of nitrogens with zero attached hydrogens (tertiary/aromatic N) is 1. The number of nitrogens with one attached hydrogen (secondary N) is 1. The quantitative estimate of drug-likeness (QED) is 0.811. The topological polar surface area (TPSA) is 35.5 Å². The molecule has 112 valence electrons. The van der Waals surface area contributed by atoms with E-state index in [1.54, 1.807) is 0 Å². The summed E-state index contributed by atoms with van der Waals surface area (Å²) >= 11 is 0. The number of aliphatic hydroxyl groups is 1. The molecular formula is C17H28N2O. The summed E-state index contributed by atoms with van der Waals surface area (Å²) in [7, 11) is 0. The summed E-state index contributed by atoms with van der Waals surface area (Å²) in [5.41, 5.74) is 4.07. The van der Waals surface area contributed by atoms with Gasteiger partial charge in [-0.05, 0) is 62.4 Å². The Kier molecular flexibility index (Phi) is 5.44. The summed E-state index contributed by atoms with van der Waals surface area (Å²) in [6, 6.07) is 7.30. The van der Waals surface area contributed by atoms with Crippen molar-refractivity contribution in [2.24, 2.45) is 5.92 Å². The third-order valence-electron chi connectivity index (χ3n) is 4.28. The van der Waals surface area contributed by atoms with Crippen LogP contribution in [-0.2, 0) is 0 Å². The predicted octanol–water partition coefficient (Wildman–Crippen LogP) is 2.49. The van der Waals surface area contributed by atoms with Crippen molar-refractivity contribution < 1.29 is 5.11 Å². The first-order valence-corrected chi connectivity index (χ1v) is 7.76. The van der Waals surface area contributed by atoms with Gasteiger partial charge in [-0.1, -0.05) is 13.0 Å². The van der Waals surface area contributed by atoms with Crippen molar-refractivity contribution in [1.29, 1.82) is 0 Å². The van der Waals surface area contributed by atoms with E-state index in [2.05, 4.69) is 49.2 Å². The van der Waals surface area contributed by atoms with Crippen LogP contribution in [0.5, 0.6) is 0 Å². The maximum absolute atomic E-state index is 8.88. The van der Waals surface area contributed by atoms with Crippen LogP contribution in [0.4, 0.5) is 5.69 Å². The van der Waals surface area contributed by atoms with Gasteiger partial charge in [0.15, 0.2) is 0 Å². The van der Waals surface area contributed by atoms with Gasteiger partial charge in [0.1, 0.15) is 0 Å². The minimum Gasteiger partial charge on any atom is -0.396 e. The van der Waals surface area contributed by atoms with Crippen molar-refractivity contribution in [2.75, 3.05) is 31.1 Å². The van der Waals surface area contributed by atoms with Gasteiger partial charge in [-0.3, -0.25) is 0 Å². The molecule has 3 heteroatoms. The summed E-state index contributed by atoms with van der Waals surface area (Å²) in [6.45, 7) is 10.1. The second-order valence-electron chi connectivity index (χ2n) is 6.24.